The molecule has 0 bridgehead atoms. The number of amides is 2. The Balaban J connectivity index is 1.99. The van der Waals surface area contributed by atoms with Crippen molar-refractivity contribution < 1.29 is 9.53 Å². The summed E-state index contributed by atoms with van der Waals surface area (Å²) >= 11 is 0. The van der Waals surface area contributed by atoms with Gasteiger partial charge in [-0.1, -0.05) is 18.9 Å². The van der Waals surface area contributed by atoms with Crippen LogP contribution in [-0.4, -0.2) is 19.2 Å². The molecule has 0 saturated heterocycles. The Morgan fingerprint density at radius 1 is 1.42 bits per heavy atom. The van der Waals surface area contributed by atoms with E-state index in [4.69, 9.17) is 10.5 Å². The molecule has 5 nitrogen and oxygen atoms in total. The predicted octanol–water partition coefficient (Wildman–Crippen LogP) is 2.22. The zero-order chi connectivity index (χ0) is 13.7. The van der Waals surface area contributed by atoms with E-state index < -0.39 is 0 Å². The van der Waals surface area contributed by atoms with Gasteiger partial charge in [-0.2, -0.15) is 0 Å². The molecule has 0 heterocycles. The summed E-state index contributed by atoms with van der Waals surface area (Å²) in [6, 6.07) is 5.66. The summed E-state index contributed by atoms with van der Waals surface area (Å²) in [6.45, 7) is 0.449. The largest absolute Gasteiger partial charge is 0.495 e. The molecular weight excluding hydrogens is 242 g/mol. The minimum absolute atomic E-state index is 0.175. The number of anilines is 1. The zero-order valence-electron chi connectivity index (χ0n) is 11.2. The molecule has 2 amide bonds. The van der Waals surface area contributed by atoms with Gasteiger partial charge in [-0.15, -0.1) is 0 Å². The van der Waals surface area contributed by atoms with E-state index in [0.29, 0.717) is 24.0 Å². The molecule has 0 unspecified atom stereocenters. The number of hydrogen-bond donors (Lipinski definition) is 3. The zero-order valence-corrected chi connectivity index (χ0v) is 11.2. The maximum atomic E-state index is 11.9. The lowest BCUT2D eigenvalue weighted by Crippen LogP contribution is -2.36. The quantitative estimate of drug-likeness (QED) is 0.779. The second-order valence-corrected chi connectivity index (χ2v) is 4.82. The Bertz CT molecular complexity index is 442. The Morgan fingerprint density at radius 3 is 2.79 bits per heavy atom. The molecule has 0 spiro atoms. The first-order valence-electron chi connectivity index (χ1n) is 6.67. The maximum Gasteiger partial charge on any atom is 0.319 e. The molecule has 0 radical (unpaired) electrons. The Kier molecular flexibility index (Phi) is 4.63. The van der Waals surface area contributed by atoms with Crippen molar-refractivity contribution in [1.29, 1.82) is 0 Å². The average Bonchev–Trinajstić information content (AvgIpc) is 2.91. The van der Waals surface area contributed by atoms with Gasteiger partial charge in [0.05, 0.1) is 12.8 Å². The molecule has 5 heteroatoms. The van der Waals surface area contributed by atoms with Gasteiger partial charge in [-0.05, 0) is 30.5 Å². The molecule has 0 aliphatic heterocycles. The molecule has 1 saturated carbocycles. The number of carbonyl (C=O) groups is 1. The summed E-state index contributed by atoms with van der Waals surface area (Å²) in [6.07, 6.45) is 4.52. The molecule has 0 aromatic heterocycles. The number of urea groups is 1. The number of rotatable bonds is 4. The highest BCUT2D eigenvalue weighted by Crippen LogP contribution is 2.25. The second-order valence-electron chi connectivity index (χ2n) is 4.82. The van der Waals surface area contributed by atoms with Crippen molar-refractivity contribution in [2.24, 2.45) is 5.73 Å². The van der Waals surface area contributed by atoms with E-state index in [1.54, 1.807) is 7.11 Å². The molecule has 1 aliphatic carbocycles. The second kappa shape index (κ2) is 6.43. The lowest BCUT2D eigenvalue weighted by Gasteiger charge is -2.15. The van der Waals surface area contributed by atoms with Gasteiger partial charge in [0.2, 0.25) is 0 Å². The van der Waals surface area contributed by atoms with Gasteiger partial charge in [-0.25, -0.2) is 4.79 Å². The fraction of sp³-hybridized carbons (Fsp3) is 0.500. The number of benzene rings is 1. The van der Waals surface area contributed by atoms with Crippen LogP contribution >= 0.6 is 0 Å². The molecule has 1 aliphatic rings. The normalized spacial score (nSPS) is 15.3. The number of nitrogens with two attached hydrogens (primary N) is 1. The number of carbonyl (C=O) groups excluding carboxylic acids is 1. The van der Waals surface area contributed by atoms with Gasteiger partial charge in [-0.3, -0.25) is 0 Å². The molecule has 19 heavy (non-hydrogen) atoms. The highest BCUT2D eigenvalue weighted by Gasteiger charge is 2.17. The first-order valence-corrected chi connectivity index (χ1v) is 6.67. The van der Waals surface area contributed by atoms with Crippen LogP contribution in [0, 0.1) is 0 Å². The fourth-order valence-corrected chi connectivity index (χ4v) is 2.38. The minimum Gasteiger partial charge on any atom is -0.495 e. The van der Waals surface area contributed by atoms with Crippen LogP contribution in [0.25, 0.3) is 0 Å². The summed E-state index contributed by atoms with van der Waals surface area (Å²) in [5, 5.41) is 5.80. The van der Waals surface area contributed by atoms with Gasteiger partial charge in [0.1, 0.15) is 5.75 Å². The van der Waals surface area contributed by atoms with E-state index in [-0.39, 0.29) is 6.03 Å². The van der Waals surface area contributed by atoms with Crippen LogP contribution in [0.5, 0.6) is 5.75 Å². The van der Waals surface area contributed by atoms with Crippen molar-refractivity contribution in [2.75, 3.05) is 12.4 Å². The number of methoxy groups -OCH3 is 1. The van der Waals surface area contributed by atoms with E-state index in [1.165, 1.54) is 12.8 Å². The first kappa shape index (κ1) is 13.7. The van der Waals surface area contributed by atoms with Crippen molar-refractivity contribution in [3.8, 4) is 5.75 Å². The SMILES string of the molecule is COc1cc(CN)ccc1NC(=O)NC1CCCC1. The van der Waals surface area contributed by atoms with E-state index in [9.17, 15) is 4.79 Å². The summed E-state index contributed by atoms with van der Waals surface area (Å²) in [7, 11) is 1.58. The molecule has 104 valence electrons. The molecule has 4 N–H and O–H groups in total. The van der Waals surface area contributed by atoms with Crippen LogP contribution < -0.4 is 21.1 Å². The fourth-order valence-electron chi connectivity index (χ4n) is 2.38. The standard InChI is InChI=1S/C14H21N3O2/c1-19-13-8-10(9-15)6-7-12(13)17-14(18)16-11-4-2-3-5-11/h6-8,11H,2-5,9,15H2,1H3,(H2,16,17,18). The van der Waals surface area contributed by atoms with Crippen LogP contribution in [0.15, 0.2) is 18.2 Å². The molecule has 1 aromatic rings. The molecule has 0 atom stereocenters. The van der Waals surface area contributed by atoms with Crippen molar-refractivity contribution in [3.63, 3.8) is 0 Å². The Morgan fingerprint density at radius 2 is 2.16 bits per heavy atom. The summed E-state index contributed by atoms with van der Waals surface area (Å²) in [4.78, 5) is 11.9. The van der Waals surface area contributed by atoms with Gasteiger partial charge < -0.3 is 21.1 Å². The van der Waals surface area contributed by atoms with Crippen LogP contribution in [0.4, 0.5) is 10.5 Å². The first-order chi connectivity index (χ1) is 9.22. The van der Waals surface area contributed by atoms with Crippen molar-refractivity contribution >= 4 is 11.7 Å². The topological polar surface area (TPSA) is 76.4 Å². The molecule has 1 aromatic carbocycles. The number of ether oxygens (including phenoxy) is 1. The van der Waals surface area contributed by atoms with Crippen LogP contribution in [0.3, 0.4) is 0 Å². The van der Waals surface area contributed by atoms with E-state index in [1.807, 2.05) is 18.2 Å². The summed E-state index contributed by atoms with van der Waals surface area (Å²) in [5.41, 5.74) is 7.21. The lowest BCUT2D eigenvalue weighted by atomic mass is 10.2. The number of hydrogen-bond acceptors (Lipinski definition) is 3. The van der Waals surface area contributed by atoms with Crippen molar-refractivity contribution in [1.82, 2.24) is 5.32 Å². The lowest BCUT2D eigenvalue weighted by molar-refractivity contribution is 0.248. The van der Waals surface area contributed by atoms with Crippen LogP contribution in [0.2, 0.25) is 0 Å². The Hall–Kier alpha value is -1.75. The molecular formula is C14H21N3O2. The molecule has 1 fully saturated rings. The molecule has 2 rings (SSSR count). The highest BCUT2D eigenvalue weighted by molar-refractivity contribution is 5.91. The minimum atomic E-state index is -0.175. The third-order valence-corrected chi connectivity index (χ3v) is 3.44. The van der Waals surface area contributed by atoms with E-state index in [0.717, 1.165) is 18.4 Å². The number of nitrogens with one attached hydrogen (secondary N) is 2. The maximum absolute atomic E-state index is 11.9. The average molecular weight is 263 g/mol. The van der Waals surface area contributed by atoms with Gasteiger partial charge in [0.25, 0.3) is 0 Å². The van der Waals surface area contributed by atoms with Gasteiger partial charge in [0.15, 0.2) is 0 Å². The smallest absolute Gasteiger partial charge is 0.319 e. The van der Waals surface area contributed by atoms with E-state index in [2.05, 4.69) is 10.6 Å². The van der Waals surface area contributed by atoms with Crippen molar-refractivity contribution in [2.45, 2.75) is 38.3 Å². The van der Waals surface area contributed by atoms with Gasteiger partial charge in [0, 0.05) is 12.6 Å². The Labute approximate surface area is 113 Å². The van der Waals surface area contributed by atoms with E-state index >= 15 is 0 Å². The van der Waals surface area contributed by atoms with Crippen LogP contribution in [0.1, 0.15) is 31.2 Å². The highest BCUT2D eigenvalue weighted by atomic mass is 16.5. The van der Waals surface area contributed by atoms with Crippen molar-refractivity contribution in [3.05, 3.63) is 23.8 Å². The third kappa shape index (κ3) is 3.61. The third-order valence-electron chi connectivity index (χ3n) is 3.44. The monoisotopic (exact) mass is 263 g/mol. The summed E-state index contributed by atoms with van der Waals surface area (Å²) in [5.74, 6) is 0.629. The van der Waals surface area contributed by atoms with Crippen LogP contribution in [-0.2, 0) is 6.54 Å². The predicted molar refractivity (Wildman–Crippen MR) is 75.3 cm³/mol. The van der Waals surface area contributed by atoms with Gasteiger partial charge >= 0.3 is 6.03 Å². The summed E-state index contributed by atoms with van der Waals surface area (Å²) < 4.78 is 5.26.